The summed E-state index contributed by atoms with van der Waals surface area (Å²) >= 11 is 0. The number of carboxylic acids is 2. The highest BCUT2D eigenvalue weighted by atomic mass is 16.4. The van der Waals surface area contributed by atoms with Crippen molar-refractivity contribution in [2.24, 2.45) is 5.73 Å². The van der Waals surface area contributed by atoms with Crippen LogP contribution in [0.25, 0.3) is 0 Å². The standard InChI is InChI=1S/C10H17N3O5/c11-6-2-1-3-13(5-6)10(18)12-7(9(16)17)4-8(14)15/h6-7H,1-5,11H2,(H,12,18)(H,14,15)(H,16,17). The number of nitrogens with zero attached hydrogens (tertiary/aromatic N) is 1. The average Bonchev–Trinajstić information content (AvgIpc) is 2.27. The molecule has 0 radical (unpaired) electrons. The van der Waals surface area contributed by atoms with Gasteiger partial charge in [-0.3, -0.25) is 4.79 Å². The van der Waals surface area contributed by atoms with E-state index in [0.29, 0.717) is 13.1 Å². The molecule has 8 nitrogen and oxygen atoms in total. The molecule has 1 saturated heterocycles. The van der Waals surface area contributed by atoms with Gasteiger partial charge in [0.25, 0.3) is 0 Å². The van der Waals surface area contributed by atoms with Crippen molar-refractivity contribution >= 4 is 18.0 Å². The minimum atomic E-state index is -1.42. The van der Waals surface area contributed by atoms with E-state index in [-0.39, 0.29) is 6.04 Å². The van der Waals surface area contributed by atoms with Gasteiger partial charge in [-0.05, 0) is 12.8 Å². The maximum Gasteiger partial charge on any atom is 0.326 e. The van der Waals surface area contributed by atoms with Gasteiger partial charge in [0.1, 0.15) is 6.04 Å². The van der Waals surface area contributed by atoms with Crippen molar-refractivity contribution in [2.45, 2.75) is 31.3 Å². The molecule has 5 N–H and O–H groups in total. The van der Waals surface area contributed by atoms with Gasteiger partial charge in [0.15, 0.2) is 0 Å². The van der Waals surface area contributed by atoms with Gasteiger partial charge in [-0.1, -0.05) is 0 Å². The summed E-state index contributed by atoms with van der Waals surface area (Å²) in [4.78, 5) is 34.4. The number of hydrogen-bond donors (Lipinski definition) is 4. The fourth-order valence-corrected chi connectivity index (χ4v) is 1.81. The van der Waals surface area contributed by atoms with E-state index in [4.69, 9.17) is 15.9 Å². The van der Waals surface area contributed by atoms with Crippen LogP contribution in [0.4, 0.5) is 4.79 Å². The molecule has 18 heavy (non-hydrogen) atoms. The molecule has 8 heteroatoms. The fourth-order valence-electron chi connectivity index (χ4n) is 1.81. The van der Waals surface area contributed by atoms with Crippen molar-refractivity contribution in [1.82, 2.24) is 10.2 Å². The van der Waals surface area contributed by atoms with E-state index in [2.05, 4.69) is 5.32 Å². The summed E-state index contributed by atoms with van der Waals surface area (Å²) in [5.41, 5.74) is 5.70. The highest BCUT2D eigenvalue weighted by Gasteiger charge is 2.27. The summed E-state index contributed by atoms with van der Waals surface area (Å²) in [5, 5.41) is 19.5. The molecule has 0 aliphatic carbocycles. The molecule has 2 unspecified atom stereocenters. The lowest BCUT2D eigenvalue weighted by molar-refractivity contribution is -0.145. The molecule has 2 atom stereocenters. The molecule has 102 valence electrons. The lowest BCUT2D eigenvalue weighted by Crippen LogP contribution is -2.53. The van der Waals surface area contributed by atoms with Crippen molar-refractivity contribution in [1.29, 1.82) is 0 Å². The molecule has 1 aliphatic heterocycles. The Labute approximate surface area is 104 Å². The van der Waals surface area contributed by atoms with Crippen LogP contribution in [0.1, 0.15) is 19.3 Å². The molecule has 0 aromatic heterocycles. The third-order valence-electron chi connectivity index (χ3n) is 2.72. The number of rotatable bonds is 4. The Morgan fingerprint density at radius 3 is 2.56 bits per heavy atom. The van der Waals surface area contributed by atoms with Gasteiger partial charge in [-0.2, -0.15) is 0 Å². The van der Waals surface area contributed by atoms with Crippen molar-refractivity contribution in [3.8, 4) is 0 Å². The zero-order valence-corrected chi connectivity index (χ0v) is 9.83. The number of carbonyl (C=O) groups excluding carboxylic acids is 1. The monoisotopic (exact) mass is 259 g/mol. The largest absolute Gasteiger partial charge is 0.481 e. The molecule has 2 amide bonds. The summed E-state index contributed by atoms with van der Waals surface area (Å²) in [5.74, 6) is -2.65. The van der Waals surface area contributed by atoms with Crippen molar-refractivity contribution in [3.05, 3.63) is 0 Å². The Hall–Kier alpha value is -1.83. The minimum Gasteiger partial charge on any atom is -0.481 e. The molecule has 1 aliphatic rings. The lowest BCUT2D eigenvalue weighted by atomic mass is 10.1. The second-order valence-corrected chi connectivity index (χ2v) is 4.29. The molecular weight excluding hydrogens is 242 g/mol. The van der Waals surface area contributed by atoms with Gasteiger partial charge in [-0.15, -0.1) is 0 Å². The minimum absolute atomic E-state index is 0.118. The summed E-state index contributed by atoms with van der Waals surface area (Å²) in [6.45, 7) is 0.851. The molecule has 1 fully saturated rings. The van der Waals surface area contributed by atoms with Crippen LogP contribution < -0.4 is 11.1 Å². The maximum absolute atomic E-state index is 11.7. The van der Waals surface area contributed by atoms with Crippen molar-refractivity contribution in [2.75, 3.05) is 13.1 Å². The smallest absolute Gasteiger partial charge is 0.326 e. The van der Waals surface area contributed by atoms with E-state index in [9.17, 15) is 14.4 Å². The molecule has 0 aromatic carbocycles. The normalized spacial score (nSPS) is 21.2. The highest BCUT2D eigenvalue weighted by molar-refractivity contribution is 5.86. The fraction of sp³-hybridized carbons (Fsp3) is 0.700. The second kappa shape index (κ2) is 6.20. The Morgan fingerprint density at radius 2 is 2.06 bits per heavy atom. The van der Waals surface area contributed by atoms with Gasteiger partial charge in [0.2, 0.25) is 0 Å². The van der Waals surface area contributed by atoms with Crippen LogP contribution in [-0.2, 0) is 9.59 Å². The van der Waals surface area contributed by atoms with E-state index in [1.165, 1.54) is 4.90 Å². The van der Waals surface area contributed by atoms with Crippen LogP contribution in [-0.4, -0.2) is 58.3 Å². The number of carboxylic acid groups (broad SMARTS) is 2. The molecule has 0 aromatic rings. The van der Waals surface area contributed by atoms with Gasteiger partial charge >= 0.3 is 18.0 Å². The third kappa shape index (κ3) is 4.21. The first-order chi connectivity index (χ1) is 8.40. The van der Waals surface area contributed by atoms with E-state index in [1.807, 2.05) is 0 Å². The number of nitrogens with one attached hydrogen (secondary N) is 1. The number of nitrogens with two attached hydrogens (primary N) is 1. The molecule has 0 bridgehead atoms. The van der Waals surface area contributed by atoms with Crippen LogP contribution in [0.15, 0.2) is 0 Å². The van der Waals surface area contributed by atoms with Crippen LogP contribution >= 0.6 is 0 Å². The summed E-state index contributed by atoms with van der Waals surface area (Å²) in [6.07, 6.45) is 0.924. The molecule has 0 saturated carbocycles. The topological polar surface area (TPSA) is 133 Å². The van der Waals surface area contributed by atoms with E-state index >= 15 is 0 Å². The van der Waals surface area contributed by atoms with Crippen LogP contribution in [0, 0.1) is 0 Å². The Kier molecular flexibility index (Phi) is 4.90. The quantitative estimate of drug-likeness (QED) is 0.514. The van der Waals surface area contributed by atoms with Crippen molar-refractivity contribution in [3.63, 3.8) is 0 Å². The lowest BCUT2D eigenvalue weighted by Gasteiger charge is -2.31. The first kappa shape index (κ1) is 14.2. The SMILES string of the molecule is NC1CCCN(C(=O)NC(CC(=O)O)C(=O)O)C1. The Morgan fingerprint density at radius 1 is 1.39 bits per heavy atom. The number of hydrogen-bond acceptors (Lipinski definition) is 4. The third-order valence-corrected chi connectivity index (χ3v) is 2.72. The number of likely N-dealkylation sites (tertiary alicyclic amines) is 1. The molecule has 1 heterocycles. The number of urea groups is 1. The first-order valence-electron chi connectivity index (χ1n) is 5.65. The number of piperidine rings is 1. The van der Waals surface area contributed by atoms with Crippen molar-refractivity contribution < 1.29 is 24.6 Å². The average molecular weight is 259 g/mol. The number of amides is 2. The van der Waals surface area contributed by atoms with Gasteiger partial charge in [-0.25, -0.2) is 9.59 Å². The first-order valence-corrected chi connectivity index (χ1v) is 5.65. The van der Waals surface area contributed by atoms with E-state index in [1.54, 1.807) is 0 Å². The summed E-state index contributed by atoms with van der Waals surface area (Å²) in [6, 6.07) is -2.13. The van der Waals surface area contributed by atoms with Crippen LogP contribution in [0.2, 0.25) is 0 Å². The Balaban J connectivity index is 2.54. The van der Waals surface area contributed by atoms with E-state index < -0.39 is 30.4 Å². The number of carbonyl (C=O) groups is 3. The maximum atomic E-state index is 11.7. The zero-order chi connectivity index (χ0) is 13.7. The number of aliphatic carboxylic acids is 2. The summed E-state index contributed by atoms with van der Waals surface area (Å²) in [7, 11) is 0. The van der Waals surface area contributed by atoms with E-state index in [0.717, 1.165) is 12.8 Å². The molecular formula is C10H17N3O5. The highest BCUT2D eigenvalue weighted by Crippen LogP contribution is 2.08. The summed E-state index contributed by atoms with van der Waals surface area (Å²) < 4.78 is 0. The van der Waals surface area contributed by atoms with Gasteiger partial charge < -0.3 is 26.2 Å². The molecule has 0 spiro atoms. The van der Waals surface area contributed by atoms with Gasteiger partial charge in [0.05, 0.1) is 6.42 Å². The predicted octanol–water partition coefficient (Wildman–Crippen LogP) is -0.953. The van der Waals surface area contributed by atoms with Crippen LogP contribution in [0.5, 0.6) is 0 Å². The van der Waals surface area contributed by atoms with Gasteiger partial charge in [0, 0.05) is 19.1 Å². The Bertz CT molecular complexity index is 346. The zero-order valence-electron chi connectivity index (χ0n) is 9.83. The molecule has 1 rings (SSSR count). The second-order valence-electron chi connectivity index (χ2n) is 4.29. The van der Waals surface area contributed by atoms with Crippen LogP contribution in [0.3, 0.4) is 0 Å². The predicted molar refractivity (Wildman–Crippen MR) is 61.0 cm³/mol.